The van der Waals surface area contributed by atoms with Gasteiger partial charge in [0.15, 0.2) is 5.82 Å². The molecule has 1 saturated heterocycles. The van der Waals surface area contributed by atoms with E-state index in [0.717, 1.165) is 56.2 Å². The Balaban J connectivity index is 1.82. The fourth-order valence-electron chi connectivity index (χ4n) is 3.36. The summed E-state index contributed by atoms with van der Waals surface area (Å²) < 4.78 is 12.8. The summed E-state index contributed by atoms with van der Waals surface area (Å²) in [6.07, 6.45) is 3.29. The first-order valence-electron chi connectivity index (χ1n) is 8.47. The molecule has 0 amide bonds. The molecule has 130 valence electrons. The minimum absolute atomic E-state index is 0.317. The van der Waals surface area contributed by atoms with E-state index in [0.29, 0.717) is 6.04 Å². The van der Waals surface area contributed by atoms with Crippen molar-refractivity contribution < 1.29 is 9.47 Å². The van der Waals surface area contributed by atoms with Gasteiger partial charge in [-0.2, -0.15) is 0 Å². The van der Waals surface area contributed by atoms with Crippen molar-refractivity contribution in [3.63, 3.8) is 0 Å². The highest BCUT2D eigenvalue weighted by Crippen LogP contribution is 2.39. The molecule has 0 bridgehead atoms. The molecule has 7 nitrogen and oxygen atoms in total. The zero-order chi connectivity index (χ0) is 16.9. The van der Waals surface area contributed by atoms with Crippen LogP contribution in [0.2, 0.25) is 0 Å². The molecule has 1 aliphatic rings. The molecule has 24 heavy (non-hydrogen) atoms. The Kier molecular flexibility index (Phi) is 5.30. The molecule has 3 rings (SSSR count). The van der Waals surface area contributed by atoms with E-state index in [-0.39, 0.29) is 0 Å². The first kappa shape index (κ1) is 16.7. The monoisotopic (exact) mass is 331 g/mol. The molecule has 0 spiro atoms. The smallest absolute Gasteiger partial charge is 0.165 e. The number of tetrazole rings is 1. The Morgan fingerprint density at radius 3 is 2.88 bits per heavy atom. The van der Waals surface area contributed by atoms with Crippen molar-refractivity contribution in [1.29, 1.82) is 0 Å². The Morgan fingerprint density at radius 2 is 2.12 bits per heavy atom. The molecule has 1 aliphatic heterocycles. The van der Waals surface area contributed by atoms with E-state index in [1.807, 2.05) is 16.8 Å². The summed E-state index contributed by atoms with van der Waals surface area (Å²) in [5.74, 6) is 2.61. The van der Waals surface area contributed by atoms with Crippen molar-refractivity contribution >= 4 is 0 Å². The van der Waals surface area contributed by atoms with Gasteiger partial charge in [-0.25, -0.2) is 4.68 Å². The average Bonchev–Trinajstić information content (AvgIpc) is 3.25. The van der Waals surface area contributed by atoms with Crippen LogP contribution in [0, 0.1) is 0 Å². The van der Waals surface area contributed by atoms with Gasteiger partial charge in [0.25, 0.3) is 0 Å². The van der Waals surface area contributed by atoms with E-state index in [4.69, 9.17) is 9.47 Å². The molecule has 0 unspecified atom stereocenters. The fraction of sp³-hybridized carbons (Fsp3) is 0.588. The molecule has 1 fully saturated rings. The van der Waals surface area contributed by atoms with Crippen molar-refractivity contribution in [2.75, 3.05) is 20.8 Å². The van der Waals surface area contributed by atoms with Crippen LogP contribution in [0.4, 0.5) is 0 Å². The number of benzene rings is 1. The number of hydrogen-bond acceptors (Lipinski definition) is 6. The van der Waals surface area contributed by atoms with Crippen molar-refractivity contribution in [2.24, 2.45) is 0 Å². The van der Waals surface area contributed by atoms with Crippen LogP contribution >= 0.6 is 0 Å². The van der Waals surface area contributed by atoms with Crippen LogP contribution in [-0.4, -0.2) is 45.9 Å². The number of hydrogen-bond donors (Lipinski definition) is 0. The molecule has 1 aromatic heterocycles. The third-order valence-corrected chi connectivity index (χ3v) is 4.55. The van der Waals surface area contributed by atoms with Gasteiger partial charge in [-0.3, -0.25) is 4.90 Å². The zero-order valence-electron chi connectivity index (χ0n) is 14.6. The summed E-state index contributed by atoms with van der Waals surface area (Å²) in [7, 11) is 3.38. The Morgan fingerprint density at radius 1 is 1.25 bits per heavy atom. The number of nitrogens with zero attached hydrogens (tertiary/aromatic N) is 5. The van der Waals surface area contributed by atoms with Gasteiger partial charge in [0.05, 0.1) is 20.8 Å². The second-order valence-corrected chi connectivity index (χ2v) is 6.05. The normalized spacial score (nSPS) is 18.0. The lowest BCUT2D eigenvalue weighted by molar-refractivity contribution is 0.232. The fourth-order valence-corrected chi connectivity index (χ4v) is 3.36. The van der Waals surface area contributed by atoms with Crippen LogP contribution in [0.1, 0.15) is 43.6 Å². The molecule has 2 heterocycles. The van der Waals surface area contributed by atoms with E-state index in [1.165, 1.54) is 5.56 Å². The summed E-state index contributed by atoms with van der Waals surface area (Å²) in [4.78, 5) is 2.43. The Labute approximate surface area is 142 Å². The molecular weight excluding hydrogens is 306 g/mol. The summed E-state index contributed by atoms with van der Waals surface area (Å²) in [6.45, 7) is 4.78. The Hall–Kier alpha value is -2.15. The number of aryl methyl sites for hydroxylation is 1. The van der Waals surface area contributed by atoms with Crippen molar-refractivity contribution in [3.8, 4) is 11.5 Å². The molecule has 0 N–H and O–H groups in total. The second kappa shape index (κ2) is 7.61. The highest BCUT2D eigenvalue weighted by Gasteiger charge is 2.29. The molecular formula is C17H25N5O2. The molecule has 7 heteroatoms. The molecule has 0 saturated carbocycles. The highest BCUT2D eigenvalue weighted by atomic mass is 16.5. The summed E-state index contributed by atoms with van der Waals surface area (Å²) in [5, 5.41) is 12.1. The molecule has 0 aliphatic carbocycles. The van der Waals surface area contributed by atoms with Gasteiger partial charge in [-0.1, -0.05) is 13.0 Å². The Bertz CT molecular complexity index is 673. The van der Waals surface area contributed by atoms with Crippen molar-refractivity contribution in [3.05, 3.63) is 29.6 Å². The standard InChI is InChI=1S/C17H25N5O2/c1-4-9-22-17(18-19-20-22)12-21-10-5-6-15(21)14-8-7-13(23-2)11-16(14)24-3/h7-8,11,15H,4-6,9-10,12H2,1-3H3/t15-/m0/s1. The van der Waals surface area contributed by atoms with Crippen LogP contribution in [0.25, 0.3) is 0 Å². The lowest BCUT2D eigenvalue weighted by atomic mass is 10.0. The maximum atomic E-state index is 5.59. The number of ether oxygens (including phenoxy) is 2. The average molecular weight is 331 g/mol. The van der Waals surface area contributed by atoms with Gasteiger partial charge in [0.2, 0.25) is 0 Å². The maximum absolute atomic E-state index is 5.59. The van der Waals surface area contributed by atoms with Crippen LogP contribution in [0.15, 0.2) is 18.2 Å². The summed E-state index contributed by atoms with van der Waals surface area (Å²) >= 11 is 0. The first-order valence-corrected chi connectivity index (χ1v) is 8.47. The third kappa shape index (κ3) is 3.36. The predicted molar refractivity (Wildman–Crippen MR) is 90.0 cm³/mol. The molecule has 0 radical (unpaired) electrons. The topological polar surface area (TPSA) is 65.3 Å². The van der Waals surface area contributed by atoms with E-state index in [2.05, 4.69) is 33.4 Å². The maximum Gasteiger partial charge on any atom is 0.165 e. The van der Waals surface area contributed by atoms with Crippen molar-refractivity contribution in [1.82, 2.24) is 25.1 Å². The van der Waals surface area contributed by atoms with Crippen LogP contribution in [0.3, 0.4) is 0 Å². The second-order valence-electron chi connectivity index (χ2n) is 6.05. The molecule has 2 aromatic rings. The number of likely N-dealkylation sites (tertiary alicyclic amines) is 1. The van der Waals surface area contributed by atoms with Crippen LogP contribution in [-0.2, 0) is 13.1 Å². The van der Waals surface area contributed by atoms with Crippen LogP contribution < -0.4 is 9.47 Å². The zero-order valence-corrected chi connectivity index (χ0v) is 14.6. The summed E-state index contributed by atoms with van der Waals surface area (Å²) in [5.41, 5.74) is 1.20. The molecule has 1 atom stereocenters. The van der Waals surface area contributed by atoms with Gasteiger partial charge < -0.3 is 9.47 Å². The van der Waals surface area contributed by atoms with E-state index >= 15 is 0 Å². The van der Waals surface area contributed by atoms with Gasteiger partial charge in [0.1, 0.15) is 11.5 Å². The van der Waals surface area contributed by atoms with E-state index in [1.54, 1.807) is 14.2 Å². The lowest BCUT2D eigenvalue weighted by Gasteiger charge is -2.25. The quantitative estimate of drug-likeness (QED) is 0.776. The number of methoxy groups -OCH3 is 2. The van der Waals surface area contributed by atoms with E-state index < -0.39 is 0 Å². The van der Waals surface area contributed by atoms with Crippen LogP contribution in [0.5, 0.6) is 11.5 Å². The predicted octanol–water partition coefficient (Wildman–Crippen LogP) is 2.44. The number of aromatic nitrogens is 4. The van der Waals surface area contributed by atoms with Gasteiger partial charge in [-0.05, 0) is 42.3 Å². The number of rotatable bonds is 7. The highest BCUT2D eigenvalue weighted by molar-refractivity contribution is 5.42. The van der Waals surface area contributed by atoms with Crippen molar-refractivity contribution in [2.45, 2.75) is 45.3 Å². The van der Waals surface area contributed by atoms with Gasteiger partial charge in [-0.15, -0.1) is 5.10 Å². The molecule has 1 aromatic carbocycles. The first-order chi connectivity index (χ1) is 11.8. The lowest BCUT2D eigenvalue weighted by Crippen LogP contribution is -2.25. The van der Waals surface area contributed by atoms with Gasteiger partial charge in [0, 0.05) is 24.2 Å². The summed E-state index contributed by atoms with van der Waals surface area (Å²) in [6, 6.07) is 6.37. The van der Waals surface area contributed by atoms with E-state index in [9.17, 15) is 0 Å². The minimum Gasteiger partial charge on any atom is -0.497 e. The SMILES string of the molecule is CCCn1nnnc1CN1CCC[C@H]1c1ccc(OC)cc1OC. The third-order valence-electron chi connectivity index (χ3n) is 4.55. The van der Waals surface area contributed by atoms with Gasteiger partial charge >= 0.3 is 0 Å². The largest absolute Gasteiger partial charge is 0.497 e. The minimum atomic E-state index is 0.317.